The van der Waals surface area contributed by atoms with Crippen molar-refractivity contribution in [1.29, 1.82) is 0 Å². The fraction of sp³-hybridized carbons (Fsp3) is 0.346. The van der Waals surface area contributed by atoms with E-state index in [-0.39, 0.29) is 36.0 Å². The predicted octanol–water partition coefficient (Wildman–Crippen LogP) is 3.85. The van der Waals surface area contributed by atoms with Gasteiger partial charge in [0, 0.05) is 31.0 Å². The van der Waals surface area contributed by atoms with Crippen LogP contribution in [0.4, 0.5) is 13.2 Å². The third-order valence-corrected chi connectivity index (χ3v) is 5.10. The van der Waals surface area contributed by atoms with Gasteiger partial charge in [0.25, 0.3) is 5.56 Å². The number of ether oxygens (including phenoxy) is 1. The topological polar surface area (TPSA) is 103 Å². The lowest BCUT2D eigenvalue weighted by atomic mass is 9.95. The zero-order valence-corrected chi connectivity index (χ0v) is 21.0. The monoisotopic (exact) mass is 507 g/mol. The molecule has 0 unspecified atom stereocenters. The van der Waals surface area contributed by atoms with Crippen LogP contribution in [0.1, 0.15) is 41.7 Å². The van der Waals surface area contributed by atoms with E-state index in [1.54, 1.807) is 24.3 Å². The maximum Gasteiger partial charge on any atom is 0.417 e. The van der Waals surface area contributed by atoms with Crippen molar-refractivity contribution in [2.24, 2.45) is 12.8 Å². The molecule has 1 aromatic heterocycles. The molecule has 0 saturated heterocycles. The van der Waals surface area contributed by atoms with Gasteiger partial charge in [-0.3, -0.25) is 14.4 Å². The molecule has 10 heteroatoms. The number of esters is 1. The van der Waals surface area contributed by atoms with E-state index in [9.17, 15) is 27.6 Å². The fourth-order valence-corrected chi connectivity index (χ4v) is 3.50. The van der Waals surface area contributed by atoms with Gasteiger partial charge in [-0.15, -0.1) is 0 Å². The summed E-state index contributed by atoms with van der Waals surface area (Å²) in [6.07, 6.45) is -4.28. The highest BCUT2D eigenvalue weighted by molar-refractivity contribution is 5.85. The standard InChI is InChI=1S/C20H19F3N2O.C4H7NO3.C2H6/c1-12-4-3-5-13(8-12)9-16-18(20(21,22)23)15-10-14(11-24)6-7-17(15)25(2)19(16)26;1-8-4(7)2-5-3-6;1-2/h3-8,10H,9,11,24H2,1-2H3;3H,2H2,1H3,(H,5,6);1-2H3. The minimum Gasteiger partial charge on any atom is -0.468 e. The first-order valence-corrected chi connectivity index (χ1v) is 11.2. The number of hydrogen-bond donors (Lipinski definition) is 2. The van der Waals surface area contributed by atoms with Gasteiger partial charge in [0.1, 0.15) is 6.54 Å². The van der Waals surface area contributed by atoms with Gasteiger partial charge in [-0.2, -0.15) is 13.2 Å². The number of amides is 1. The molecule has 3 rings (SSSR count). The number of carbonyl (C=O) groups excluding carboxylic acids is 2. The van der Waals surface area contributed by atoms with E-state index in [4.69, 9.17) is 5.73 Å². The van der Waals surface area contributed by atoms with E-state index >= 15 is 0 Å². The number of nitrogens with two attached hydrogens (primary N) is 1. The summed E-state index contributed by atoms with van der Waals surface area (Å²) in [4.78, 5) is 32.4. The summed E-state index contributed by atoms with van der Waals surface area (Å²) in [7, 11) is 2.75. The number of rotatable bonds is 6. The summed E-state index contributed by atoms with van der Waals surface area (Å²) in [5, 5.41) is 2.15. The van der Waals surface area contributed by atoms with Gasteiger partial charge in [0.15, 0.2) is 0 Å². The van der Waals surface area contributed by atoms with Gasteiger partial charge in [-0.1, -0.05) is 49.7 Å². The molecule has 36 heavy (non-hydrogen) atoms. The zero-order chi connectivity index (χ0) is 27.5. The molecule has 0 fully saturated rings. The van der Waals surface area contributed by atoms with Crippen LogP contribution >= 0.6 is 0 Å². The summed E-state index contributed by atoms with van der Waals surface area (Å²) >= 11 is 0. The largest absolute Gasteiger partial charge is 0.468 e. The lowest BCUT2D eigenvalue weighted by Gasteiger charge is -2.18. The molecule has 1 heterocycles. The zero-order valence-electron chi connectivity index (χ0n) is 21.0. The van der Waals surface area contributed by atoms with Crippen molar-refractivity contribution in [3.05, 3.63) is 80.6 Å². The van der Waals surface area contributed by atoms with Crippen molar-refractivity contribution in [2.45, 2.75) is 39.9 Å². The normalized spacial score (nSPS) is 10.5. The first kappa shape index (κ1) is 30.4. The summed E-state index contributed by atoms with van der Waals surface area (Å²) in [6, 6.07) is 11.7. The van der Waals surface area contributed by atoms with Crippen molar-refractivity contribution in [3.63, 3.8) is 0 Å². The Morgan fingerprint density at radius 3 is 2.33 bits per heavy atom. The number of aryl methyl sites for hydroxylation is 2. The molecular weight excluding hydrogens is 475 g/mol. The van der Waals surface area contributed by atoms with Crippen LogP contribution in [0.2, 0.25) is 0 Å². The Hall–Kier alpha value is -3.66. The Labute approximate surface area is 208 Å². The molecule has 0 spiro atoms. The number of aromatic nitrogens is 1. The molecule has 0 atom stereocenters. The van der Waals surface area contributed by atoms with Crippen molar-refractivity contribution >= 4 is 23.3 Å². The number of hydrogen-bond acceptors (Lipinski definition) is 5. The highest BCUT2D eigenvalue weighted by atomic mass is 19.4. The van der Waals surface area contributed by atoms with E-state index in [0.29, 0.717) is 17.5 Å². The van der Waals surface area contributed by atoms with E-state index in [2.05, 4.69) is 10.1 Å². The number of carbonyl (C=O) groups is 2. The van der Waals surface area contributed by atoms with Gasteiger partial charge in [0.2, 0.25) is 6.41 Å². The van der Waals surface area contributed by atoms with Gasteiger partial charge < -0.3 is 20.4 Å². The Morgan fingerprint density at radius 2 is 1.81 bits per heavy atom. The van der Waals surface area contributed by atoms with Crippen LogP contribution in [0.25, 0.3) is 10.9 Å². The Morgan fingerprint density at radius 1 is 1.14 bits per heavy atom. The van der Waals surface area contributed by atoms with Crippen LogP contribution in [-0.4, -0.2) is 30.6 Å². The highest BCUT2D eigenvalue weighted by Crippen LogP contribution is 2.37. The Balaban J connectivity index is 0.000000554. The van der Waals surface area contributed by atoms with Crippen molar-refractivity contribution < 1.29 is 27.5 Å². The van der Waals surface area contributed by atoms with Crippen LogP contribution in [0.15, 0.2) is 47.3 Å². The molecule has 0 aliphatic carbocycles. The maximum atomic E-state index is 13.9. The average molecular weight is 508 g/mol. The molecule has 3 aromatic rings. The average Bonchev–Trinajstić information content (AvgIpc) is 2.86. The van der Waals surface area contributed by atoms with Crippen LogP contribution in [0.3, 0.4) is 0 Å². The molecule has 196 valence electrons. The molecule has 0 saturated carbocycles. The van der Waals surface area contributed by atoms with E-state index < -0.39 is 23.3 Å². The summed E-state index contributed by atoms with van der Waals surface area (Å²) < 4.78 is 47.3. The number of methoxy groups -OCH3 is 1. The Kier molecular flexibility index (Phi) is 11.8. The van der Waals surface area contributed by atoms with Crippen LogP contribution < -0.4 is 16.6 Å². The maximum absolute atomic E-state index is 13.9. The second-order valence-corrected chi connectivity index (χ2v) is 7.51. The van der Waals surface area contributed by atoms with Crippen LogP contribution in [0, 0.1) is 6.92 Å². The summed E-state index contributed by atoms with van der Waals surface area (Å²) in [5.74, 6) is -0.447. The highest BCUT2D eigenvalue weighted by Gasteiger charge is 2.37. The number of pyridine rings is 1. The third kappa shape index (κ3) is 7.94. The molecule has 0 aliphatic heterocycles. The first-order valence-electron chi connectivity index (χ1n) is 11.2. The van der Waals surface area contributed by atoms with E-state index in [1.807, 2.05) is 26.8 Å². The number of alkyl halides is 3. The summed E-state index contributed by atoms with van der Waals surface area (Å²) in [5.41, 5.74) is 6.28. The van der Waals surface area contributed by atoms with Crippen LogP contribution in [0.5, 0.6) is 0 Å². The number of benzene rings is 2. The smallest absolute Gasteiger partial charge is 0.417 e. The quantitative estimate of drug-likeness (QED) is 0.390. The number of nitrogens with zero attached hydrogens (tertiary/aromatic N) is 1. The minimum atomic E-state index is -4.64. The number of fused-ring (bicyclic) bond motifs is 1. The molecule has 0 radical (unpaired) electrons. The van der Waals surface area contributed by atoms with E-state index in [1.165, 1.54) is 30.9 Å². The summed E-state index contributed by atoms with van der Waals surface area (Å²) in [6.45, 7) is 5.93. The lowest BCUT2D eigenvalue weighted by molar-refractivity contribution is -0.140. The third-order valence-electron chi connectivity index (χ3n) is 5.10. The number of nitrogens with one attached hydrogen (secondary N) is 1. The van der Waals surface area contributed by atoms with Crippen molar-refractivity contribution in [2.75, 3.05) is 13.7 Å². The van der Waals surface area contributed by atoms with Crippen molar-refractivity contribution in [1.82, 2.24) is 9.88 Å². The SMILES string of the molecule is CC.COC(=O)CNC=O.Cc1cccc(Cc2c(C(F)(F)F)c3cc(CN)ccc3n(C)c2=O)c1. The Bertz CT molecular complexity index is 1240. The molecule has 2 aromatic carbocycles. The second-order valence-electron chi connectivity index (χ2n) is 7.51. The minimum absolute atomic E-state index is 0.00482. The molecular formula is C26H32F3N3O4. The predicted molar refractivity (Wildman–Crippen MR) is 133 cm³/mol. The molecule has 0 aliphatic rings. The lowest BCUT2D eigenvalue weighted by Crippen LogP contribution is -2.27. The van der Waals surface area contributed by atoms with Crippen molar-refractivity contribution in [3.8, 4) is 0 Å². The van der Waals surface area contributed by atoms with Gasteiger partial charge >= 0.3 is 12.1 Å². The van der Waals surface area contributed by atoms with Gasteiger partial charge in [0.05, 0.1) is 18.2 Å². The van der Waals surface area contributed by atoms with Gasteiger partial charge in [-0.05, 0) is 30.2 Å². The van der Waals surface area contributed by atoms with E-state index in [0.717, 1.165) is 5.56 Å². The number of halogens is 3. The molecule has 1 amide bonds. The molecule has 3 N–H and O–H groups in total. The van der Waals surface area contributed by atoms with Crippen LogP contribution in [-0.2, 0) is 40.5 Å². The molecule has 0 bridgehead atoms. The van der Waals surface area contributed by atoms with Gasteiger partial charge in [-0.25, -0.2) is 0 Å². The first-order chi connectivity index (χ1) is 17.0. The second kappa shape index (κ2) is 14.0. The fourth-order valence-electron chi connectivity index (χ4n) is 3.50. The molecule has 7 nitrogen and oxygen atoms in total.